The molecule has 2 aromatic rings. The van der Waals surface area contributed by atoms with E-state index in [9.17, 15) is 5.11 Å². The molecule has 0 saturated carbocycles. The topological polar surface area (TPSA) is 20.2 Å². The van der Waals surface area contributed by atoms with E-state index in [0.29, 0.717) is 15.1 Å². The summed E-state index contributed by atoms with van der Waals surface area (Å²) in [6.07, 6.45) is 0. The van der Waals surface area contributed by atoms with E-state index < -0.39 is 0 Å². The number of benzene rings is 2. The average Bonchev–Trinajstić information content (AvgIpc) is 2.33. The maximum atomic E-state index is 9.96. The van der Waals surface area contributed by atoms with Gasteiger partial charge in [-0.1, -0.05) is 35.3 Å². The second-order valence-electron chi connectivity index (χ2n) is 3.42. The number of rotatable bonds is 2. The van der Waals surface area contributed by atoms with Crippen LogP contribution in [0.2, 0.25) is 10.0 Å². The van der Waals surface area contributed by atoms with Gasteiger partial charge in [0.15, 0.2) is 0 Å². The highest BCUT2D eigenvalue weighted by Gasteiger charge is 1.98. The molecule has 4 heteroatoms. The van der Waals surface area contributed by atoms with Crippen LogP contribution in [0.4, 0.5) is 0 Å². The molecule has 0 radical (unpaired) electrons. The predicted molar refractivity (Wildman–Crippen MR) is 76.9 cm³/mol. The van der Waals surface area contributed by atoms with E-state index in [0.717, 1.165) is 21.8 Å². The maximum absolute atomic E-state index is 9.96. The minimum atomic E-state index is 0.295. The zero-order valence-electron chi connectivity index (χ0n) is 8.77. The third-order valence-electron chi connectivity index (χ3n) is 2.16. The van der Waals surface area contributed by atoms with Crippen LogP contribution in [0.15, 0.2) is 53.4 Å². The van der Waals surface area contributed by atoms with Gasteiger partial charge in [-0.3, -0.25) is 0 Å². The molecule has 0 bridgehead atoms. The minimum Gasteiger partial charge on any atom is -0.355 e. The molecule has 0 aromatic heterocycles. The van der Waals surface area contributed by atoms with Crippen molar-refractivity contribution in [3.05, 3.63) is 64.1 Å². The van der Waals surface area contributed by atoms with E-state index in [1.807, 2.05) is 12.1 Å². The van der Waals surface area contributed by atoms with Crippen molar-refractivity contribution in [1.82, 2.24) is 0 Å². The van der Waals surface area contributed by atoms with E-state index >= 15 is 0 Å². The number of halogens is 2. The Morgan fingerprint density at radius 3 is 1.82 bits per heavy atom. The molecule has 0 unspecified atom stereocenters. The maximum Gasteiger partial charge on any atom is 0.104 e. The highest BCUT2D eigenvalue weighted by Crippen LogP contribution is 2.18. The Kier molecular flexibility index (Phi) is 4.24. The molecular formula is C13H10Cl2OS. The lowest BCUT2D eigenvalue weighted by Gasteiger charge is -2.01. The molecule has 1 N–H and O–H groups in total. The lowest BCUT2D eigenvalue weighted by atomic mass is 10.2. The Labute approximate surface area is 114 Å². The molecule has 0 fully saturated rings. The lowest BCUT2D eigenvalue weighted by Crippen LogP contribution is -1.95. The van der Waals surface area contributed by atoms with Crippen molar-refractivity contribution in [3.63, 3.8) is 0 Å². The molecular weight excluding hydrogens is 275 g/mol. The molecule has 0 aliphatic rings. The third-order valence-corrected chi connectivity index (χ3v) is 3.69. The van der Waals surface area contributed by atoms with Gasteiger partial charge in [0.25, 0.3) is 0 Å². The summed E-state index contributed by atoms with van der Waals surface area (Å²) >= 11 is 12.3. The first-order valence-corrected chi connectivity index (χ1v) is 6.59. The van der Waals surface area contributed by atoms with E-state index in [2.05, 4.69) is 0 Å². The number of thiol groups is 1. The van der Waals surface area contributed by atoms with Gasteiger partial charge in [-0.15, -0.1) is 11.4 Å². The van der Waals surface area contributed by atoms with Crippen molar-refractivity contribution in [1.29, 1.82) is 0 Å². The standard InChI is InChI=1S/C13H10Cl2OS/c14-10-3-1-9(2-4-10)13(16)17-12-7-5-11(15)6-8-12/h1-8,16-17H. The van der Waals surface area contributed by atoms with E-state index in [1.54, 1.807) is 36.4 Å². The fraction of sp³-hybridized carbons (Fsp3) is 0. The average molecular weight is 285 g/mol. The van der Waals surface area contributed by atoms with Crippen molar-refractivity contribution in [2.75, 3.05) is 0 Å². The van der Waals surface area contributed by atoms with Crippen LogP contribution in [0.25, 0.3) is 0 Å². The van der Waals surface area contributed by atoms with Crippen LogP contribution in [-0.4, -0.2) is 10.2 Å². The fourth-order valence-corrected chi connectivity index (χ4v) is 2.37. The summed E-state index contributed by atoms with van der Waals surface area (Å²) in [7, 11) is 0. The fourth-order valence-electron chi connectivity index (χ4n) is 1.30. The van der Waals surface area contributed by atoms with Gasteiger partial charge < -0.3 is 5.11 Å². The van der Waals surface area contributed by atoms with Crippen LogP contribution in [0.1, 0.15) is 5.56 Å². The van der Waals surface area contributed by atoms with Crippen LogP contribution in [0, 0.1) is 0 Å². The number of hydrogen-bond donors (Lipinski definition) is 2. The molecule has 0 atom stereocenters. The number of aliphatic hydroxyl groups is 1. The van der Waals surface area contributed by atoms with Crippen molar-refractivity contribution < 1.29 is 5.11 Å². The molecule has 0 amide bonds. The van der Waals surface area contributed by atoms with E-state index in [1.165, 1.54) is 0 Å². The molecule has 17 heavy (non-hydrogen) atoms. The summed E-state index contributed by atoms with van der Waals surface area (Å²) in [5.74, 6) is 0. The summed E-state index contributed by atoms with van der Waals surface area (Å²) in [5.41, 5.74) is 0.769. The van der Waals surface area contributed by atoms with Crippen LogP contribution >= 0.6 is 34.6 Å². The highest BCUT2D eigenvalue weighted by atomic mass is 35.5. The second-order valence-corrected chi connectivity index (χ2v) is 5.46. The zero-order chi connectivity index (χ0) is 12.3. The summed E-state index contributed by atoms with van der Waals surface area (Å²) in [4.78, 5) is 0.988. The Bertz CT molecular complexity index is 532. The molecule has 0 saturated heterocycles. The lowest BCUT2D eigenvalue weighted by molar-refractivity contribution is 0.570. The largest absolute Gasteiger partial charge is 0.355 e. The number of hydrogen-bond acceptors (Lipinski definition) is 0. The number of aliphatic hydroxyl groups excluding tert-OH is 1. The molecule has 0 heterocycles. The third kappa shape index (κ3) is 3.58. The monoisotopic (exact) mass is 284 g/mol. The van der Waals surface area contributed by atoms with Crippen molar-refractivity contribution >= 4 is 39.6 Å². The van der Waals surface area contributed by atoms with Crippen molar-refractivity contribution in [2.24, 2.45) is 0 Å². The quantitative estimate of drug-likeness (QED) is 0.612. The Balaban J connectivity index is 2.27. The van der Waals surface area contributed by atoms with Gasteiger partial charge >= 0.3 is 0 Å². The van der Waals surface area contributed by atoms with Gasteiger partial charge in [0, 0.05) is 20.5 Å². The van der Waals surface area contributed by atoms with Gasteiger partial charge in [-0.05, 0) is 36.4 Å². The summed E-state index contributed by atoms with van der Waals surface area (Å²) in [6, 6.07) is 14.5. The van der Waals surface area contributed by atoms with Crippen LogP contribution in [0.5, 0.6) is 0 Å². The Morgan fingerprint density at radius 1 is 0.824 bits per heavy atom. The molecule has 1 nitrogen and oxygen atoms in total. The van der Waals surface area contributed by atoms with Gasteiger partial charge in [0.1, 0.15) is 5.05 Å². The Hall–Kier alpha value is -0.800. The van der Waals surface area contributed by atoms with Crippen LogP contribution < -0.4 is 0 Å². The first kappa shape index (κ1) is 12.7. The smallest absolute Gasteiger partial charge is 0.104 e. The predicted octanol–water partition coefficient (Wildman–Crippen LogP) is 4.55. The van der Waals surface area contributed by atoms with E-state index in [4.69, 9.17) is 23.2 Å². The zero-order valence-corrected chi connectivity index (χ0v) is 11.2. The summed E-state index contributed by atoms with van der Waals surface area (Å²) in [5, 5.41) is 11.6. The molecule has 0 aliphatic heterocycles. The molecule has 0 spiro atoms. The van der Waals surface area contributed by atoms with Crippen molar-refractivity contribution in [2.45, 2.75) is 4.90 Å². The van der Waals surface area contributed by atoms with Gasteiger partial charge in [-0.25, -0.2) is 0 Å². The normalized spacial score (nSPS) is 12.1. The van der Waals surface area contributed by atoms with Crippen LogP contribution in [0.3, 0.4) is 0 Å². The highest BCUT2D eigenvalue weighted by molar-refractivity contribution is 7.98. The van der Waals surface area contributed by atoms with Crippen molar-refractivity contribution in [3.8, 4) is 0 Å². The summed E-state index contributed by atoms with van der Waals surface area (Å²) < 4.78 is 0. The second kappa shape index (κ2) is 5.69. The summed E-state index contributed by atoms with van der Waals surface area (Å²) in [6.45, 7) is 0. The minimum absolute atomic E-state index is 0.295. The Morgan fingerprint density at radius 2 is 1.29 bits per heavy atom. The molecule has 0 aliphatic carbocycles. The first-order valence-electron chi connectivity index (χ1n) is 4.94. The molecule has 2 aromatic carbocycles. The van der Waals surface area contributed by atoms with Crippen LogP contribution in [-0.2, 0) is 0 Å². The van der Waals surface area contributed by atoms with Gasteiger partial charge in [0.2, 0.25) is 0 Å². The van der Waals surface area contributed by atoms with Gasteiger partial charge in [0.05, 0.1) is 0 Å². The SMILES string of the molecule is OC(=[SH]c1ccc(Cl)cc1)c1ccc(Cl)cc1. The van der Waals surface area contributed by atoms with E-state index in [-0.39, 0.29) is 0 Å². The first-order chi connectivity index (χ1) is 8.15. The molecule has 2 rings (SSSR count). The van der Waals surface area contributed by atoms with Gasteiger partial charge in [-0.2, -0.15) is 0 Å². The molecule has 88 valence electrons.